The highest BCUT2D eigenvalue weighted by Crippen LogP contribution is 2.38. The molecule has 6 nitrogen and oxygen atoms in total. The molecule has 7 heteroatoms. The minimum atomic E-state index is -0.255. The Bertz CT molecular complexity index is 1010. The summed E-state index contributed by atoms with van der Waals surface area (Å²) >= 11 is 6.08. The number of phenols is 1. The highest BCUT2D eigenvalue weighted by molar-refractivity contribution is 6.30. The average Bonchev–Trinajstić information content (AvgIpc) is 2.95. The molecule has 1 amide bonds. The van der Waals surface area contributed by atoms with Gasteiger partial charge in [-0.05, 0) is 42.3 Å². The molecule has 1 aromatic heterocycles. The van der Waals surface area contributed by atoms with Crippen molar-refractivity contribution in [1.29, 1.82) is 0 Å². The van der Waals surface area contributed by atoms with Crippen molar-refractivity contribution < 1.29 is 19.1 Å². The van der Waals surface area contributed by atoms with E-state index in [-0.39, 0.29) is 30.6 Å². The number of rotatable bonds is 2. The molecule has 1 aliphatic rings. The number of hydrogen-bond acceptors (Lipinski definition) is 5. The van der Waals surface area contributed by atoms with Gasteiger partial charge in [0.15, 0.2) is 17.9 Å². The van der Waals surface area contributed by atoms with Crippen molar-refractivity contribution in [3.8, 4) is 22.6 Å². The Labute approximate surface area is 161 Å². The van der Waals surface area contributed by atoms with Crippen molar-refractivity contribution in [2.75, 3.05) is 13.2 Å². The Morgan fingerprint density at radius 3 is 2.85 bits per heavy atom. The van der Waals surface area contributed by atoms with Crippen molar-refractivity contribution >= 4 is 17.5 Å². The van der Waals surface area contributed by atoms with Crippen molar-refractivity contribution in [3.05, 3.63) is 64.8 Å². The summed E-state index contributed by atoms with van der Waals surface area (Å²) in [5.41, 5.74) is 2.92. The second-order valence-corrected chi connectivity index (χ2v) is 6.77. The van der Waals surface area contributed by atoms with Crippen LogP contribution in [-0.4, -0.2) is 34.0 Å². The van der Waals surface area contributed by atoms with Gasteiger partial charge in [0.2, 0.25) is 5.76 Å². The van der Waals surface area contributed by atoms with Crippen LogP contribution in [0, 0.1) is 6.92 Å². The van der Waals surface area contributed by atoms with Crippen LogP contribution in [0.25, 0.3) is 11.1 Å². The molecule has 4 rings (SSSR count). The molecular formula is C20H17ClN2O4. The lowest BCUT2D eigenvalue weighted by Crippen LogP contribution is -2.32. The SMILES string of the molecule is Cc1ncoc1C(=O)N1CCOc2c(O)cc(-c3cccc(Cl)c3)cc2C1. The summed E-state index contributed by atoms with van der Waals surface area (Å²) in [4.78, 5) is 18.4. The van der Waals surface area contributed by atoms with E-state index in [1.807, 2.05) is 24.3 Å². The van der Waals surface area contributed by atoms with E-state index in [4.69, 9.17) is 20.8 Å². The fourth-order valence-electron chi connectivity index (χ4n) is 3.16. The van der Waals surface area contributed by atoms with Gasteiger partial charge in [0.05, 0.1) is 18.8 Å². The number of carbonyl (C=O) groups is 1. The second-order valence-electron chi connectivity index (χ2n) is 6.34. The van der Waals surface area contributed by atoms with Crippen LogP contribution in [0.5, 0.6) is 11.5 Å². The van der Waals surface area contributed by atoms with E-state index in [0.717, 1.165) is 11.1 Å². The van der Waals surface area contributed by atoms with Crippen LogP contribution in [0.15, 0.2) is 47.2 Å². The van der Waals surface area contributed by atoms with Crippen LogP contribution >= 0.6 is 11.6 Å². The molecule has 0 atom stereocenters. The number of hydrogen-bond donors (Lipinski definition) is 1. The number of aromatic hydroxyl groups is 1. The standard InChI is InChI=1S/C20H17ClN2O4/c1-12-18(27-11-22-12)20(25)23-5-6-26-19-15(10-23)7-14(9-17(19)24)13-3-2-4-16(21)8-13/h2-4,7-9,11,24H,5-6,10H2,1H3. The number of phenolic OH excluding ortho intramolecular Hbond substituents is 1. The third-order valence-electron chi connectivity index (χ3n) is 4.50. The summed E-state index contributed by atoms with van der Waals surface area (Å²) in [5, 5.41) is 11.1. The van der Waals surface area contributed by atoms with Gasteiger partial charge in [0, 0.05) is 10.6 Å². The third kappa shape index (κ3) is 3.36. The van der Waals surface area contributed by atoms with Gasteiger partial charge in [0.25, 0.3) is 5.91 Å². The van der Waals surface area contributed by atoms with E-state index in [9.17, 15) is 9.90 Å². The van der Waals surface area contributed by atoms with Crippen LogP contribution in [0.1, 0.15) is 21.8 Å². The summed E-state index contributed by atoms with van der Waals surface area (Å²) in [5.74, 6) is 0.390. The normalized spacial score (nSPS) is 13.6. The summed E-state index contributed by atoms with van der Waals surface area (Å²) in [6, 6.07) is 10.9. The van der Waals surface area contributed by atoms with Crippen molar-refractivity contribution in [2.24, 2.45) is 0 Å². The summed E-state index contributed by atoms with van der Waals surface area (Å²) in [6.45, 7) is 2.66. The van der Waals surface area contributed by atoms with Crippen LogP contribution in [-0.2, 0) is 6.54 Å². The van der Waals surface area contributed by atoms with Crippen LogP contribution in [0.4, 0.5) is 0 Å². The lowest BCUT2D eigenvalue weighted by molar-refractivity contribution is 0.0700. The Balaban J connectivity index is 1.71. The number of halogens is 1. The molecule has 0 aliphatic carbocycles. The quantitative estimate of drug-likeness (QED) is 0.721. The van der Waals surface area contributed by atoms with Gasteiger partial charge in [-0.3, -0.25) is 4.79 Å². The third-order valence-corrected chi connectivity index (χ3v) is 4.74. The summed E-state index contributed by atoms with van der Waals surface area (Å²) in [7, 11) is 0. The van der Waals surface area contributed by atoms with Crippen molar-refractivity contribution in [1.82, 2.24) is 9.88 Å². The highest BCUT2D eigenvalue weighted by atomic mass is 35.5. The number of aromatic nitrogens is 1. The zero-order valence-corrected chi connectivity index (χ0v) is 15.4. The average molecular weight is 385 g/mol. The zero-order chi connectivity index (χ0) is 19.0. The maximum absolute atomic E-state index is 12.8. The molecule has 3 aromatic rings. The van der Waals surface area contributed by atoms with E-state index < -0.39 is 0 Å². The number of benzene rings is 2. The van der Waals surface area contributed by atoms with Crippen LogP contribution < -0.4 is 4.74 Å². The molecule has 1 N–H and O–H groups in total. The van der Waals surface area contributed by atoms with Crippen molar-refractivity contribution in [2.45, 2.75) is 13.5 Å². The smallest absolute Gasteiger partial charge is 0.291 e. The topological polar surface area (TPSA) is 75.8 Å². The van der Waals surface area contributed by atoms with Crippen LogP contribution in [0.2, 0.25) is 5.02 Å². The molecule has 27 heavy (non-hydrogen) atoms. The number of carbonyl (C=O) groups excluding carboxylic acids is 1. The van der Waals surface area contributed by atoms with Gasteiger partial charge in [-0.25, -0.2) is 4.98 Å². The monoisotopic (exact) mass is 384 g/mol. The largest absolute Gasteiger partial charge is 0.504 e. The zero-order valence-electron chi connectivity index (χ0n) is 14.6. The first-order valence-electron chi connectivity index (χ1n) is 8.47. The molecule has 0 radical (unpaired) electrons. The van der Waals surface area contributed by atoms with Crippen molar-refractivity contribution in [3.63, 3.8) is 0 Å². The minimum Gasteiger partial charge on any atom is -0.504 e. The maximum Gasteiger partial charge on any atom is 0.291 e. The maximum atomic E-state index is 12.8. The van der Waals surface area contributed by atoms with Gasteiger partial charge in [-0.15, -0.1) is 0 Å². The van der Waals surface area contributed by atoms with E-state index in [0.29, 0.717) is 28.6 Å². The molecule has 0 unspecified atom stereocenters. The summed E-state index contributed by atoms with van der Waals surface area (Å²) in [6.07, 6.45) is 1.26. The van der Waals surface area contributed by atoms with Gasteiger partial charge < -0.3 is 19.2 Å². The molecule has 0 fully saturated rings. The molecular weight excluding hydrogens is 368 g/mol. The van der Waals surface area contributed by atoms with Gasteiger partial charge >= 0.3 is 0 Å². The molecule has 2 heterocycles. The number of aryl methyl sites for hydroxylation is 1. The molecule has 0 bridgehead atoms. The number of oxazole rings is 1. The Hall–Kier alpha value is -2.99. The van der Waals surface area contributed by atoms with Gasteiger partial charge in [-0.2, -0.15) is 0 Å². The Kier molecular flexibility index (Phi) is 4.49. The van der Waals surface area contributed by atoms with Gasteiger partial charge in [0.1, 0.15) is 6.61 Å². The predicted molar refractivity (Wildman–Crippen MR) is 100 cm³/mol. The Morgan fingerprint density at radius 1 is 1.26 bits per heavy atom. The first-order valence-corrected chi connectivity index (χ1v) is 8.84. The van der Waals surface area contributed by atoms with E-state index in [1.54, 1.807) is 24.0 Å². The number of nitrogens with zero attached hydrogens (tertiary/aromatic N) is 2. The van der Waals surface area contributed by atoms with E-state index >= 15 is 0 Å². The predicted octanol–water partition coefficient (Wildman–Crippen LogP) is 4.04. The fourth-order valence-corrected chi connectivity index (χ4v) is 3.35. The fraction of sp³-hybridized carbons (Fsp3) is 0.200. The van der Waals surface area contributed by atoms with E-state index in [2.05, 4.69) is 4.98 Å². The summed E-state index contributed by atoms with van der Waals surface area (Å²) < 4.78 is 10.9. The second kappa shape index (κ2) is 6.96. The Morgan fingerprint density at radius 2 is 2.11 bits per heavy atom. The highest BCUT2D eigenvalue weighted by Gasteiger charge is 2.26. The minimum absolute atomic E-state index is 0.0348. The molecule has 0 spiro atoms. The molecule has 1 aliphatic heterocycles. The first-order chi connectivity index (χ1) is 13.0. The molecule has 0 saturated carbocycles. The molecule has 2 aromatic carbocycles. The first kappa shape index (κ1) is 17.4. The van der Waals surface area contributed by atoms with E-state index in [1.165, 1.54) is 6.39 Å². The lowest BCUT2D eigenvalue weighted by atomic mass is 10.0. The number of fused-ring (bicyclic) bond motifs is 1. The van der Waals surface area contributed by atoms with Crippen LogP contribution in [0.3, 0.4) is 0 Å². The van der Waals surface area contributed by atoms with Gasteiger partial charge in [-0.1, -0.05) is 23.7 Å². The number of amides is 1. The lowest BCUT2D eigenvalue weighted by Gasteiger charge is -2.19. The molecule has 138 valence electrons. The molecule has 0 saturated heterocycles. The number of ether oxygens (including phenoxy) is 1.